The van der Waals surface area contributed by atoms with Crippen LogP contribution in [-0.2, 0) is 6.18 Å². The first-order valence-corrected chi connectivity index (χ1v) is 6.01. The minimum absolute atomic E-state index is 0.115. The van der Waals surface area contributed by atoms with E-state index in [0.29, 0.717) is 12.4 Å². The Morgan fingerprint density at radius 3 is 2.50 bits per heavy atom. The molecule has 1 N–H and O–H groups in total. The van der Waals surface area contributed by atoms with Crippen LogP contribution in [0.25, 0.3) is 0 Å². The van der Waals surface area contributed by atoms with Gasteiger partial charge in [-0.15, -0.1) is 0 Å². The standard InChI is InChI=1S/C14H13F3N2O/c15-14(16,17)11-5-1-2-6-12(11)20-10-9-19-13-7-3-4-8-18-13/h1-8H,9-10H2,(H,18,19). The Kier molecular flexibility index (Phi) is 4.45. The number of nitrogens with one attached hydrogen (secondary N) is 1. The average Bonchev–Trinajstić information content (AvgIpc) is 2.44. The Labute approximate surface area is 114 Å². The molecule has 0 radical (unpaired) electrons. The second kappa shape index (κ2) is 6.27. The molecule has 0 aliphatic rings. The third-order valence-electron chi connectivity index (χ3n) is 2.52. The summed E-state index contributed by atoms with van der Waals surface area (Å²) >= 11 is 0. The molecule has 0 aliphatic heterocycles. The molecule has 0 spiro atoms. The molecular formula is C14H13F3N2O. The van der Waals surface area contributed by atoms with Crippen molar-refractivity contribution in [1.82, 2.24) is 4.98 Å². The Balaban J connectivity index is 1.89. The first-order valence-electron chi connectivity index (χ1n) is 6.01. The molecule has 2 rings (SSSR count). The number of benzene rings is 1. The smallest absolute Gasteiger partial charge is 0.419 e. The zero-order chi connectivity index (χ0) is 14.4. The largest absolute Gasteiger partial charge is 0.491 e. The Morgan fingerprint density at radius 1 is 1.05 bits per heavy atom. The van der Waals surface area contributed by atoms with E-state index in [0.717, 1.165) is 6.07 Å². The van der Waals surface area contributed by atoms with Gasteiger partial charge in [-0.05, 0) is 24.3 Å². The Bertz CT molecular complexity index is 544. The summed E-state index contributed by atoms with van der Waals surface area (Å²) in [4.78, 5) is 4.03. The molecule has 1 heterocycles. The van der Waals surface area contributed by atoms with Gasteiger partial charge < -0.3 is 10.1 Å². The maximum absolute atomic E-state index is 12.7. The monoisotopic (exact) mass is 282 g/mol. The lowest BCUT2D eigenvalue weighted by Crippen LogP contribution is -2.14. The number of halogens is 3. The minimum Gasteiger partial charge on any atom is -0.491 e. The number of anilines is 1. The number of hydrogen-bond donors (Lipinski definition) is 1. The molecule has 3 nitrogen and oxygen atoms in total. The summed E-state index contributed by atoms with van der Waals surface area (Å²) in [5, 5.41) is 2.96. The van der Waals surface area contributed by atoms with Crippen molar-refractivity contribution < 1.29 is 17.9 Å². The van der Waals surface area contributed by atoms with Crippen LogP contribution in [0.4, 0.5) is 19.0 Å². The van der Waals surface area contributed by atoms with Crippen molar-refractivity contribution in [1.29, 1.82) is 0 Å². The van der Waals surface area contributed by atoms with E-state index in [1.807, 2.05) is 6.07 Å². The summed E-state index contributed by atoms with van der Waals surface area (Å²) in [6, 6.07) is 10.5. The molecule has 1 aromatic heterocycles. The van der Waals surface area contributed by atoms with Crippen molar-refractivity contribution >= 4 is 5.82 Å². The van der Waals surface area contributed by atoms with E-state index >= 15 is 0 Å². The van der Waals surface area contributed by atoms with Crippen LogP contribution in [0, 0.1) is 0 Å². The molecule has 0 aliphatic carbocycles. The zero-order valence-electron chi connectivity index (χ0n) is 10.5. The van der Waals surface area contributed by atoms with Gasteiger partial charge in [0, 0.05) is 6.20 Å². The molecule has 0 fully saturated rings. The topological polar surface area (TPSA) is 34.1 Å². The molecule has 106 valence electrons. The summed E-state index contributed by atoms with van der Waals surface area (Å²) in [7, 11) is 0. The number of rotatable bonds is 5. The molecule has 20 heavy (non-hydrogen) atoms. The van der Waals surface area contributed by atoms with Gasteiger partial charge in [-0.25, -0.2) is 4.98 Å². The van der Waals surface area contributed by atoms with Gasteiger partial charge in [-0.1, -0.05) is 18.2 Å². The van der Waals surface area contributed by atoms with Crippen LogP contribution in [0.15, 0.2) is 48.7 Å². The van der Waals surface area contributed by atoms with Crippen molar-refractivity contribution in [2.45, 2.75) is 6.18 Å². The summed E-state index contributed by atoms with van der Waals surface area (Å²) < 4.78 is 43.3. The SMILES string of the molecule is FC(F)(F)c1ccccc1OCCNc1ccccn1. The molecule has 1 aromatic carbocycles. The lowest BCUT2D eigenvalue weighted by atomic mass is 10.2. The molecule has 0 bridgehead atoms. The fraction of sp³-hybridized carbons (Fsp3) is 0.214. The molecule has 0 amide bonds. The van der Waals surface area contributed by atoms with E-state index in [4.69, 9.17) is 4.74 Å². The van der Waals surface area contributed by atoms with E-state index in [-0.39, 0.29) is 12.4 Å². The number of nitrogens with zero attached hydrogens (tertiary/aromatic N) is 1. The van der Waals surface area contributed by atoms with Crippen LogP contribution in [0.3, 0.4) is 0 Å². The first-order chi connectivity index (χ1) is 9.57. The van der Waals surface area contributed by atoms with Gasteiger partial charge in [0.15, 0.2) is 0 Å². The van der Waals surface area contributed by atoms with Crippen LogP contribution in [-0.4, -0.2) is 18.1 Å². The summed E-state index contributed by atoms with van der Waals surface area (Å²) in [5.74, 6) is 0.489. The Hall–Kier alpha value is -2.24. The average molecular weight is 282 g/mol. The van der Waals surface area contributed by atoms with Gasteiger partial charge in [-0.2, -0.15) is 13.2 Å². The number of aromatic nitrogens is 1. The summed E-state index contributed by atoms with van der Waals surface area (Å²) in [5.41, 5.74) is -0.766. The van der Waals surface area contributed by atoms with Gasteiger partial charge in [0.2, 0.25) is 0 Å². The molecule has 0 unspecified atom stereocenters. The highest BCUT2D eigenvalue weighted by atomic mass is 19.4. The van der Waals surface area contributed by atoms with Gasteiger partial charge in [0.1, 0.15) is 18.2 Å². The highest BCUT2D eigenvalue weighted by Crippen LogP contribution is 2.35. The van der Waals surface area contributed by atoms with Crippen LogP contribution in [0.1, 0.15) is 5.56 Å². The number of ether oxygens (including phenoxy) is 1. The fourth-order valence-corrected chi connectivity index (χ4v) is 1.63. The summed E-state index contributed by atoms with van der Waals surface area (Å²) in [6.45, 7) is 0.479. The maximum Gasteiger partial charge on any atom is 0.419 e. The van der Waals surface area contributed by atoms with Crippen LogP contribution in [0.2, 0.25) is 0 Å². The van der Waals surface area contributed by atoms with Gasteiger partial charge in [0.05, 0.1) is 12.1 Å². The van der Waals surface area contributed by atoms with Gasteiger partial charge in [0.25, 0.3) is 0 Å². The molecule has 0 saturated carbocycles. The number of alkyl halides is 3. The summed E-state index contributed by atoms with van der Waals surface area (Å²) in [6.07, 6.45) is -2.78. The maximum atomic E-state index is 12.7. The minimum atomic E-state index is -4.41. The Morgan fingerprint density at radius 2 is 1.80 bits per heavy atom. The third kappa shape index (κ3) is 3.88. The number of para-hydroxylation sites is 1. The molecule has 0 saturated heterocycles. The van der Waals surface area contributed by atoms with Crippen molar-refractivity contribution in [2.24, 2.45) is 0 Å². The van der Waals surface area contributed by atoms with Crippen molar-refractivity contribution in [3.63, 3.8) is 0 Å². The van der Waals surface area contributed by atoms with Gasteiger partial charge in [-0.3, -0.25) is 0 Å². The van der Waals surface area contributed by atoms with Crippen molar-refractivity contribution in [2.75, 3.05) is 18.5 Å². The van der Waals surface area contributed by atoms with E-state index < -0.39 is 11.7 Å². The van der Waals surface area contributed by atoms with E-state index in [9.17, 15) is 13.2 Å². The lowest BCUT2D eigenvalue weighted by molar-refractivity contribution is -0.138. The molecular weight excluding hydrogens is 269 g/mol. The van der Waals surface area contributed by atoms with Crippen molar-refractivity contribution in [3.05, 3.63) is 54.2 Å². The van der Waals surface area contributed by atoms with Crippen LogP contribution < -0.4 is 10.1 Å². The van der Waals surface area contributed by atoms with Crippen LogP contribution in [0.5, 0.6) is 5.75 Å². The molecule has 0 atom stereocenters. The lowest BCUT2D eigenvalue weighted by Gasteiger charge is -2.14. The molecule has 2 aromatic rings. The first kappa shape index (κ1) is 14.2. The normalized spacial score (nSPS) is 11.2. The second-order valence-corrected chi connectivity index (χ2v) is 3.98. The quantitative estimate of drug-likeness (QED) is 0.851. The van der Waals surface area contributed by atoms with Crippen molar-refractivity contribution in [3.8, 4) is 5.75 Å². The van der Waals surface area contributed by atoms with Crippen LogP contribution >= 0.6 is 0 Å². The van der Waals surface area contributed by atoms with E-state index in [1.54, 1.807) is 18.3 Å². The third-order valence-corrected chi connectivity index (χ3v) is 2.52. The fourth-order valence-electron chi connectivity index (χ4n) is 1.63. The molecule has 6 heteroatoms. The number of hydrogen-bond acceptors (Lipinski definition) is 3. The van der Waals surface area contributed by atoms with Gasteiger partial charge >= 0.3 is 6.18 Å². The highest BCUT2D eigenvalue weighted by molar-refractivity contribution is 5.36. The highest BCUT2D eigenvalue weighted by Gasteiger charge is 2.33. The number of pyridine rings is 1. The zero-order valence-corrected chi connectivity index (χ0v) is 10.5. The second-order valence-electron chi connectivity index (χ2n) is 3.98. The predicted molar refractivity (Wildman–Crippen MR) is 69.7 cm³/mol. The van der Waals surface area contributed by atoms with E-state index in [1.165, 1.54) is 18.2 Å². The van der Waals surface area contributed by atoms with E-state index in [2.05, 4.69) is 10.3 Å². The predicted octanol–water partition coefficient (Wildman–Crippen LogP) is 3.59.